The maximum atomic E-state index is 12.6. The Bertz CT molecular complexity index is 821. The van der Waals surface area contributed by atoms with Gasteiger partial charge in [-0.3, -0.25) is 9.69 Å². The number of hydrogen-bond acceptors (Lipinski definition) is 6. The number of methoxy groups -OCH3 is 3. The molecule has 30 heavy (non-hydrogen) atoms. The first kappa shape index (κ1) is 21.8. The Hall–Kier alpha value is -2.93. The Morgan fingerprint density at radius 1 is 0.900 bits per heavy atom. The highest BCUT2D eigenvalue weighted by molar-refractivity contribution is 5.97. The zero-order valence-corrected chi connectivity index (χ0v) is 18.0. The lowest BCUT2D eigenvalue weighted by Gasteiger charge is -2.36. The zero-order chi connectivity index (χ0) is 21.3. The number of hydrogen-bond donors (Lipinski definition) is 1. The van der Waals surface area contributed by atoms with Crippen LogP contribution in [0.4, 0.5) is 5.69 Å². The van der Waals surface area contributed by atoms with E-state index >= 15 is 0 Å². The van der Waals surface area contributed by atoms with Crippen LogP contribution in [0.1, 0.15) is 16.8 Å². The molecule has 1 heterocycles. The summed E-state index contributed by atoms with van der Waals surface area (Å²) in [7, 11) is 4.63. The van der Waals surface area contributed by atoms with Gasteiger partial charge in [-0.1, -0.05) is 18.2 Å². The van der Waals surface area contributed by atoms with Gasteiger partial charge in [0.1, 0.15) is 5.75 Å². The third-order valence-electron chi connectivity index (χ3n) is 5.38. The van der Waals surface area contributed by atoms with Crippen molar-refractivity contribution in [2.75, 3.05) is 65.5 Å². The summed E-state index contributed by atoms with van der Waals surface area (Å²) in [5.41, 5.74) is 1.72. The molecule has 1 N–H and O–H groups in total. The number of carbonyl (C=O) groups is 1. The molecular formula is C23H31N3O4. The first-order valence-electron chi connectivity index (χ1n) is 10.3. The molecule has 0 aliphatic carbocycles. The van der Waals surface area contributed by atoms with E-state index in [4.69, 9.17) is 14.2 Å². The molecule has 0 saturated carbocycles. The standard InChI is InChI=1S/C23H31N3O4/c1-28-20-17-22(30-3)21(29-2)16-19(20)23(27)24-10-7-11-25-12-14-26(15-13-25)18-8-5-4-6-9-18/h4-6,8-9,16-17H,7,10-15H2,1-3H3,(H,24,27). The van der Waals surface area contributed by atoms with Crippen molar-refractivity contribution in [2.24, 2.45) is 0 Å². The van der Waals surface area contributed by atoms with Crippen LogP contribution in [0.25, 0.3) is 0 Å². The second-order valence-electron chi connectivity index (χ2n) is 7.18. The summed E-state index contributed by atoms with van der Waals surface area (Å²) in [6.45, 7) is 5.69. The second kappa shape index (κ2) is 10.7. The van der Waals surface area contributed by atoms with E-state index in [9.17, 15) is 4.79 Å². The van der Waals surface area contributed by atoms with Crippen LogP contribution in [0.15, 0.2) is 42.5 Å². The Balaban J connectivity index is 1.44. The maximum Gasteiger partial charge on any atom is 0.255 e. The van der Waals surface area contributed by atoms with E-state index in [-0.39, 0.29) is 5.91 Å². The second-order valence-corrected chi connectivity index (χ2v) is 7.18. The van der Waals surface area contributed by atoms with Gasteiger partial charge in [-0.25, -0.2) is 0 Å². The third-order valence-corrected chi connectivity index (χ3v) is 5.38. The van der Waals surface area contributed by atoms with Crippen molar-refractivity contribution in [3.8, 4) is 17.2 Å². The molecular weight excluding hydrogens is 382 g/mol. The molecule has 162 valence electrons. The third kappa shape index (κ3) is 5.36. The predicted molar refractivity (Wildman–Crippen MR) is 118 cm³/mol. The van der Waals surface area contributed by atoms with Gasteiger partial charge in [-0.15, -0.1) is 0 Å². The molecule has 1 amide bonds. The van der Waals surface area contributed by atoms with Crippen molar-refractivity contribution < 1.29 is 19.0 Å². The highest BCUT2D eigenvalue weighted by atomic mass is 16.5. The van der Waals surface area contributed by atoms with Crippen LogP contribution in [-0.2, 0) is 0 Å². The summed E-state index contributed by atoms with van der Waals surface area (Å²) in [5, 5.41) is 2.98. The number of nitrogens with zero attached hydrogens (tertiary/aromatic N) is 2. The molecule has 0 atom stereocenters. The van der Waals surface area contributed by atoms with Gasteiger partial charge >= 0.3 is 0 Å². The molecule has 7 nitrogen and oxygen atoms in total. The maximum absolute atomic E-state index is 12.6. The fourth-order valence-corrected chi connectivity index (χ4v) is 3.67. The van der Waals surface area contributed by atoms with Gasteiger partial charge in [0, 0.05) is 50.5 Å². The van der Waals surface area contributed by atoms with Crippen LogP contribution in [0.2, 0.25) is 0 Å². The van der Waals surface area contributed by atoms with Crippen LogP contribution in [0, 0.1) is 0 Å². The van der Waals surface area contributed by atoms with Gasteiger partial charge in [-0.2, -0.15) is 0 Å². The summed E-state index contributed by atoms with van der Waals surface area (Å²) in [6, 6.07) is 13.8. The van der Waals surface area contributed by atoms with Crippen molar-refractivity contribution in [1.29, 1.82) is 0 Å². The van der Waals surface area contributed by atoms with E-state index < -0.39 is 0 Å². The van der Waals surface area contributed by atoms with Gasteiger partial charge in [0.15, 0.2) is 11.5 Å². The van der Waals surface area contributed by atoms with E-state index in [0.717, 1.165) is 39.1 Å². The van der Waals surface area contributed by atoms with Crippen molar-refractivity contribution >= 4 is 11.6 Å². The molecule has 1 aliphatic rings. The fourth-order valence-electron chi connectivity index (χ4n) is 3.67. The van der Waals surface area contributed by atoms with E-state index in [1.54, 1.807) is 26.4 Å². The first-order chi connectivity index (χ1) is 14.7. The highest BCUT2D eigenvalue weighted by Gasteiger charge is 2.19. The van der Waals surface area contributed by atoms with Crippen molar-refractivity contribution in [2.45, 2.75) is 6.42 Å². The normalized spacial score (nSPS) is 14.3. The average Bonchev–Trinajstić information content (AvgIpc) is 2.81. The van der Waals surface area contributed by atoms with E-state index in [1.807, 2.05) is 6.07 Å². The number of rotatable bonds is 9. The number of ether oxygens (including phenoxy) is 3. The highest BCUT2D eigenvalue weighted by Crippen LogP contribution is 2.34. The minimum absolute atomic E-state index is 0.179. The molecule has 2 aromatic rings. The van der Waals surface area contributed by atoms with Crippen LogP contribution >= 0.6 is 0 Å². The van der Waals surface area contributed by atoms with Gasteiger partial charge in [-0.05, 0) is 25.1 Å². The van der Waals surface area contributed by atoms with Crippen LogP contribution in [0.5, 0.6) is 17.2 Å². The molecule has 1 aliphatic heterocycles. The van der Waals surface area contributed by atoms with E-state index in [2.05, 4.69) is 39.4 Å². The van der Waals surface area contributed by atoms with Gasteiger partial charge in [0.05, 0.1) is 26.9 Å². The minimum atomic E-state index is -0.179. The van der Waals surface area contributed by atoms with Crippen LogP contribution < -0.4 is 24.4 Å². The van der Waals surface area contributed by atoms with Crippen molar-refractivity contribution in [3.05, 3.63) is 48.0 Å². The summed E-state index contributed by atoms with van der Waals surface area (Å²) in [5.74, 6) is 1.31. The van der Waals surface area contributed by atoms with Crippen molar-refractivity contribution in [1.82, 2.24) is 10.2 Å². The topological polar surface area (TPSA) is 63.3 Å². The van der Waals surface area contributed by atoms with Gasteiger partial charge < -0.3 is 24.4 Å². The Labute approximate surface area is 178 Å². The number of piperazine rings is 1. The molecule has 0 unspecified atom stereocenters. The summed E-state index contributed by atoms with van der Waals surface area (Å²) >= 11 is 0. The molecule has 0 aromatic heterocycles. The predicted octanol–water partition coefficient (Wildman–Crippen LogP) is 2.65. The van der Waals surface area contributed by atoms with Gasteiger partial charge in [0.2, 0.25) is 0 Å². The first-order valence-corrected chi connectivity index (χ1v) is 10.3. The van der Waals surface area contributed by atoms with E-state index in [1.165, 1.54) is 12.8 Å². The Kier molecular flexibility index (Phi) is 7.79. The molecule has 7 heteroatoms. The lowest BCUT2D eigenvalue weighted by Crippen LogP contribution is -2.47. The quantitative estimate of drug-likeness (QED) is 0.638. The number of carbonyl (C=O) groups excluding carboxylic acids is 1. The number of para-hydroxylation sites is 1. The summed E-state index contributed by atoms with van der Waals surface area (Å²) in [6.07, 6.45) is 0.896. The van der Waals surface area contributed by atoms with Crippen molar-refractivity contribution in [3.63, 3.8) is 0 Å². The van der Waals surface area contributed by atoms with Crippen LogP contribution in [0.3, 0.4) is 0 Å². The summed E-state index contributed by atoms with van der Waals surface area (Å²) in [4.78, 5) is 17.5. The monoisotopic (exact) mass is 413 g/mol. The molecule has 3 rings (SSSR count). The number of amides is 1. The molecule has 2 aromatic carbocycles. The largest absolute Gasteiger partial charge is 0.496 e. The lowest BCUT2D eigenvalue weighted by atomic mass is 10.1. The van der Waals surface area contributed by atoms with E-state index in [0.29, 0.717) is 29.4 Å². The number of anilines is 1. The van der Waals surface area contributed by atoms with Crippen LogP contribution in [-0.4, -0.2) is 71.4 Å². The molecule has 1 fully saturated rings. The summed E-state index contributed by atoms with van der Waals surface area (Å²) < 4.78 is 15.9. The average molecular weight is 414 g/mol. The molecule has 1 saturated heterocycles. The molecule has 0 radical (unpaired) electrons. The lowest BCUT2D eigenvalue weighted by molar-refractivity contribution is 0.0948. The number of nitrogens with one attached hydrogen (secondary N) is 1. The smallest absolute Gasteiger partial charge is 0.255 e. The van der Waals surface area contributed by atoms with Gasteiger partial charge in [0.25, 0.3) is 5.91 Å². The molecule has 0 bridgehead atoms. The molecule has 0 spiro atoms. The Morgan fingerprint density at radius 3 is 2.17 bits per heavy atom. The fraction of sp³-hybridized carbons (Fsp3) is 0.435. The SMILES string of the molecule is COc1cc(OC)c(C(=O)NCCCN2CCN(c3ccccc3)CC2)cc1OC. The minimum Gasteiger partial charge on any atom is -0.496 e. The number of benzene rings is 2. The zero-order valence-electron chi connectivity index (χ0n) is 18.0. The Morgan fingerprint density at radius 2 is 1.53 bits per heavy atom.